The first-order valence-corrected chi connectivity index (χ1v) is 5.77. The van der Waals surface area contributed by atoms with Gasteiger partial charge in [-0.3, -0.25) is 0 Å². The van der Waals surface area contributed by atoms with E-state index < -0.39 is 0 Å². The van der Waals surface area contributed by atoms with Crippen LogP contribution in [-0.4, -0.2) is 27.2 Å². The summed E-state index contributed by atoms with van der Waals surface area (Å²) in [5.74, 6) is 0. The molecule has 0 saturated heterocycles. The number of rotatable bonds is 2. The van der Waals surface area contributed by atoms with Crippen LogP contribution in [0.4, 0.5) is 11.4 Å². The second-order valence-electron chi connectivity index (χ2n) is 4.42. The Hall–Kier alpha value is -1.18. The molecule has 1 aromatic rings. The molecule has 82 valence electrons. The monoisotopic (exact) mass is 204 g/mol. The van der Waals surface area contributed by atoms with E-state index in [2.05, 4.69) is 49.0 Å². The summed E-state index contributed by atoms with van der Waals surface area (Å²) < 4.78 is 0. The lowest BCUT2D eigenvalue weighted by Gasteiger charge is -2.35. The highest BCUT2D eigenvalue weighted by atomic mass is 15.2. The van der Waals surface area contributed by atoms with Gasteiger partial charge in [0, 0.05) is 27.2 Å². The topological polar surface area (TPSA) is 6.48 Å². The summed E-state index contributed by atoms with van der Waals surface area (Å²) in [5.41, 5.74) is 4.21. The minimum Gasteiger partial charge on any atom is -0.371 e. The lowest BCUT2D eigenvalue weighted by molar-refractivity contribution is 0.795. The van der Waals surface area contributed by atoms with Gasteiger partial charge < -0.3 is 9.80 Å². The molecule has 1 aliphatic rings. The van der Waals surface area contributed by atoms with E-state index >= 15 is 0 Å². The molecule has 1 aliphatic heterocycles. The van der Waals surface area contributed by atoms with Crippen LogP contribution in [0.2, 0.25) is 0 Å². The third-order valence-corrected chi connectivity index (χ3v) is 3.17. The highest BCUT2D eigenvalue weighted by Gasteiger charge is 2.17. The molecule has 0 aliphatic carbocycles. The van der Waals surface area contributed by atoms with Crippen molar-refractivity contribution in [3.05, 3.63) is 23.8 Å². The van der Waals surface area contributed by atoms with Crippen LogP contribution in [0.5, 0.6) is 0 Å². The van der Waals surface area contributed by atoms with Gasteiger partial charge >= 0.3 is 0 Å². The molecule has 0 aromatic heterocycles. The minimum atomic E-state index is 1.12. The van der Waals surface area contributed by atoms with E-state index in [1.54, 1.807) is 0 Å². The van der Waals surface area contributed by atoms with Crippen LogP contribution in [0, 0.1) is 0 Å². The molecule has 0 spiro atoms. The molecule has 1 heterocycles. The number of hydrogen-bond acceptors (Lipinski definition) is 2. The van der Waals surface area contributed by atoms with Gasteiger partial charge in [0.25, 0.3) is 0 Å². The summed E-state index contributed by atoms with van der Waals surface area (Å²) in [6, 6.07) is 6.86. The Labute approximate surface area is 92.5 Å². The SMILES string of the molecule is CCCc1ccc2c(c1)N(C)CCN2C. The van der Waals surface area contributed by atoms with E-state index in [0.717, 1.165) is 13.1 Å². The summed E-state index contributed by atoms with van der Waals surface area (Å²) in [6.07, 6.45) is 2.41. The molecule has 0 radical (unpaired) electrons. The standard InChI is InChI=1S/C13H20N2/c1-4-5-11-6-7-12-13(10-11)15(3)9-8-14(12)2/h6-7,10H,4-5,8-9H2,1-3H3. The molecule has 0 N–H and O–H groups in total. The third kappa shape index (κ3) is 1.94. The van der Waals surface area contributed by atoms with Crippen molar-refractivity contribution < 1.29 is 0 Å². The van der Waals surface area contributed by atoms with Crippen molar-refractivity contribution in [3.63, 3.8) is 0 Å². The lowest BCUT2D eigenvalue weighted by atomic mass is 10.1. The van der Waals surface area contributed by atoms with Gasteiger partial charge in [0.15, 0.2) is 0 Å². The molecule has 0 amide bonds. The van der Waals surface area contributed by atoms with Gasteiger partial charge in [0.1, 0.15) is 0 Å². The summed E-state index contributed by atoms with van der Waals surface area (Å²) in [6.45, 7) is 4.48. The van der Waals surface area contributed by atoms with Crippen molar-refractivity contribution in [2.75, 3.05) is 37.0 Å². The van der Waals surface area contributed by atoms with Crippen LogP contribution in [0.1, 0.15) is 18.9 Å². The van der Waals surface area contributed by atoms with E-state index in [1.807, 2.05) is 0 Å². The molecule has 15 heavy (non-hydrogen) atoms. The molecule has 0 unspecified atom stereocenters. The van der Waals surface area contributed by atoms with Crippen molar-refractivity contribution >= 4 is 11.4 Å². The zero-order valence-corrected chi connectivity index (χ0v) is 9.95. The van der Waals surface area contributed by atoms with E-state index in [9.17, 15) is 0 Å². The molecule has 0 saturated carbocycles. The summed E-state index contributed by atoms with van der Waals surface area (Å²) in [7, 11) is 4.35. The number of benzene rings is 1. The predicted molar refractivity (Wildman–Crippen MR) is 67.0 cm³/mol. The maximum atomic E-state index is 2.36. The molecule has 2 nitrogen and oxygen atoms in total. The largest absolute Gasteiger partial charge is 0.371 e. The first-order valence-electron chi connectivity index (χ1n) is 5.77. The smallest absolute Gasteiger partial charge is 0.0604 e. The second-order valence-corrected chi connectivity index (χ2v) is 4.42. The molecule has 0 fully saturated rings. The van der Waals surface area contributed by atoms with Crippen molar-refractivity contribution in [1.82, 2.24) is 0 Å². The third-order valence-electron chi connectivity index (χ3n) is 3.17. The minimum absolute atomic E-state index is 1.12. The van der Waals surface area contributed by atoms with Gasteiger partial charge in [0.2, 0.25) is 0 Å². The van der Waals surface area contributed by atoms with Gasteiger partial charge in [-0.25, -0.2) is 0 Å². The Morgan fingerprint density at radius 2 is 1.73 bits per heavy atom. The van der Waals surface area contributed by atoms with E-state index in [0.29, 0.717) is 0 Å². The molecule has 0 atom stereocenters. The van der Waals surface area contributed by atoms with Gasteiger partial charge in [0.05, 0.1) is 11.4 Å². The number of nitrogens with zero attached hydrogens (tertiary/aromatic N) is 2. The average Bonchev–Trinajstić information content (AvgIpc) is 2.24. The quantitative estimate of drug-likeness (QED) is 0.730. The van der Waals surface area contributed by atoms with Gasteiger partial charge in [-0.2, -0.15) is 0 Å². The highest BCUT2D eigenvalue weighted by molar-refractivity contribution is 5.73. The maximum absolute atomic E-state index is 2.36. The Kier molecular flexibility index (Phi) is 2.85. The van der Waals surface area contributed by atoms with Crippen LogP contribution in [0.15, 0.2) is 18.2 Å². The molecule has 2 rings (SSSR count). The van der Waals surface area contributed by atoms with E-state index in [1.165, 1.54) is 29.8 Å². The van der Waals surface area contributed by atoms with E-state index in [-0.39, 0.29) is 0 Å². The maximum Gasteiger partial charge on any atom is 0.0604 e. The first kappa shape index (κ1) is 10.3. The fourth-order valence-electron chi connectivity index (χ4n) is 2.18. The lowest BCUT2D eigenvalue weighted by Crippen LogP contribution is -2.36. The van der Waals surface area contributed by atoms with Gasteiger partial charge in [-0.15, -0.1) is 0 Å². The predicted octanol–water partition coefficient (Wildman–Crippen LogP) is 2.53. The van der Waals surface area contributed by atoms with Gasteiger partial charge in [-0.1, -0.05) is 19.4 Å². The summed E-state index contributed by atoms with van der Waals surface area (Å²) in [5, 5.41) is 0. The van der Waals surface area contributed by atoms with Crippen LogP contribution >= 0.6 is 0 Å². The average molecular weight is 204 g/mol. The first-order chi connectivity index (χ1) is 7.22. The number of fused-ring (bicyclic) bond motifs is 1. The Morgan fingerprint density at radius 3 is 2.40 bits per heavy atom. The van der Waals surface area contributed by atoms with Crippen molar-refractivity contribution in [3.8, 4) is 0 Å². The molecule has 1 aromatic carbocycles. The number of likely N-dealkylation sites (N-methyl/N-ethyl adjacent to an activating group) is 2. The van der Waals surface area contributed by atoms with Gasteiger partial charge in [-0.05, 0) is 24.1 Å². The molecule has 2 heteroatoms. The summed E-state index contributed by atoms with van der Waals surface area (Å²) >= 11 is 0. The van der Waals surface area contributed by atoms with Crippen LogP contribution in [-0.2, 0) is 6.42 Å². The van der Waals surface area contributed by atoms with Crippen molar-refractivity contribution in [2.24, 2.45) is 0 Å². The van der Waals surface area contributed by atoms with Crippen LogP contribution in [0.25, 0.3) is 0 Å². The zero-order chi connectivity index (χ0) is 10.8. The van der Waals surface area contributed by atoms with Crippen molar-refractivity contribution in [1.29, 1.82) is 0 Å². The second kappa shape index (κ2) is 4.13. The number of anilines is 2. The Bertz CT molecular complexity index is 346. The van der Waals surface area contributed by atoms with Crippen molar-refractivity contribution in [2.45, 2.75) is 19.8 Å². The normalized spacial score (nSPS) is 15.4. The fourth-order valence-corrected chi connectivity index (χ4v) is 2.18. The molecule has 0 bridgehead atoms. The van der Waals surface area contributed by atoms with Crippen LogP contribution < -0.4 is 9.80 Å². The highest BCUT2D eigenvalue weighted by Crippen LogP contribution is 2.32. The fraction of sp³-hybridized carbons (Fsp3) is 0.538. The zero-order valence-electron chi connectivity index (χ0n) is 9.95. The molecular formula is C13H20N2. The molecular weight excluding hydrogens is 184 g/mol. The van der Waals surface area contributed by atoms with E-state index in [4.69, 9.17) is 0 Å². The number of hydrogen-bond donors (Lipinski definition) is 0. The summed E-state index contributed by atoms with van der Waals surface area (Å²) in [4.78, 5) is 4.69. The Morgan fingerprint density at radius 1 is 1.07 bits per heavy atom. The van der Waals surface area contributed by atoms with Crippen LogP contribution in [0.3, 0.4) is 0 Å². The number of aryl methyl sites for hydroxylation is 1. The Balaban J connectivity index is 2.36.